The number of hydrogen-bond donors (Lipinski definition) is 1. The molecular weight excluding hydrogens is 270 g/mol. The first-order valence-corrected chi connectivity index (χ1v) is 6.23. The van der Waals surface area contributed by atoms with Crippen LogP contribution in [0.25, 0.3) is 0 Å². The summed E-state index contributed by atoms with van der Waals surface area (Å²) < 4.78 is 27.0. The van der Waals surface area contributed by atoms with Crippen molar-refractivity contribution < 1.29 is 13.9 Å². The SMILES string of the molecule is Cc1ccc(C(O)Cc2cc(Cl)ccc2F)cc1F. The van der Waals surface area contributed by atoms with Gasteiger partial charge in [-0.25, -0.2) is 8.78 Å². The van der Waals surface area contributed by atoms with Gasteiger partial charge in [0.05, 0.1) is 6.10 Å². The van der Waals surface area contributed by atoms with Crippen LogP contribution in [0.3, 0.4) is 0 Å². The van der Waals surface area contributed by atoms with Crippen molar-refractivity contribution in [3.8, 4) is 0 Å². The lowest BCUT2D eigenvalue weighted by molar-refractivity contribution is 0.176. The number of halogens is 3. The molecule has 0 bridgehead atoms. The van der Waals surface area contributed by atoms with Gasteiger partial charge in [0.25, 0.3) is 0 Å². The van der Waals surface area contributed by atoms with Gasteiger partial charge < -0.3 is 5.11 Å². The highest BCUT2D eigenvalue weighted by molar-refractivity contribution is 6.30. The van der Waals surface area contributed by atoms with Crippen molar-refractivity contribution in [3.63, 3.8) is 0 Å². The normalized spacial score (nSPS) is 12.5. The lowest BCUT2D eigenvalue weighted by Crippen LogP contribution is -2.04. The molecule has 0 heterocycles. The van der Waals surface area contributed by atoms with Gasteiger partial charge in [-0.3, -0.25) is 0 Å². The van der Waals surface area contributed by atoms with Crippen LogP contribution in [0.15, 0.2) is 36.4 Å². The molecule has 0 spiro atoms. The van der Waals surface area contributed by atoms with Crippen LogP contribution in [-0.2, 0) is 6.42 Å². The molecule has 1 atom stereocenters. The molecule has 0 aromatic heterocycles. The molecule has 4 heteroatoms. The van der Waals surface area contributed by atoms with E-state index in [0.29, 0.717) is 21.7 Å². The second kappa shape index (κ2) is 5.68. The lowest BCUT2D eigenvalue weighted by atomic mass is 10.00. The van der Waals surface area contributed by atoms with Crippen LogP contribution in [0.5, 0.6) is 0 Å². The first-order chi connectivity index (χ1) is 8.97. The molecular formula is C15H13ClF2O. The van der Waals surface area contributed by atoms with Gasteiger partial charge >= 0.3 is 0 Å². The van der Waals surface area contributed by atoms with Crippen LogP contribution >= 0.6 is 11.6 Å². The van der Waals surface area contributed by atoms with Gasteiger partial charge in [0.1, 0.15) is 11.6 Å². The third kappa shape index (κ3) is 3.31. The Balaban J connectivity index is 2.22. The Hall–Kier alpha value is -1.45. The Morgan fingerprint density at radius 3 is 2.53 bits per heavy atom. The summed E-state index contributed by atoms with van der Waals surface area (Å²) in [7, 11) is 0. The van der Waals surface area contributed by atoms with E-state index in [1.165, 1.54) is 24.3 Å². The summed E-state index contributed by atoms with van der Waals surface area (Å²) in [6.45, 7) is 1.64. The Morgan fingerprint density at radius 1 is 1.11 bits per heavy atom. The third-order valence-electron chi connectivity index (χ3n) is 3.00. The van der Waals surface area contributed by atoms with E-state index in [2.05, 4.69) is 0 Å². The van der Waals surface area contributed by atoms with Crippen LogP contribution in [-0.4, -0.2) is 5.11 Å². The maximum atomic E-state index is 13.5. The highest BCUT2D eigenvalue weighted by Gasteiger charge is 2.13. The molecule has 0 fully saturated rings. The van der Waals surface area contributed by atoms with Gasteiger partial charge in [0, 0.05) is 11.4 Å². The van der Waals surface area contributed by atoms with Gasteiger partial charge in [-0.05, 0) is 47.9 Å². The van der Waals surface area contributed by atoms with Crippen LogP contribution in [0.2, 0.25) is 5.02 Å². The second-order valence-electron chi connectivity index (χ2n) is 4.46. The Morgan fingerprint density at radius 2 is 1.84 bits per heavy atom. The van der Waals surface area contributed by atoms with Crippen molar-refractivity contribution in [1.29, 1.82) is 0 Å². The standard InChI is InChI=1S/C15H13ClF2O/c1-9-2-3-10(7-14(9)18)15(19)8-11-6-12(16)4-5-13(11)17/h2-7,15,19H,8H2,1H3. The summed E-state index contributed by atoms with van der Waals surface area (Å²) in [5, 5.41) is 10.4. The van der Waals surface area contributed by atoms with Gasteiger partial charge in [0.15, 0.2) is 0 Å². The number of aliphatic hydroxyl groups excluding tert-OH is 1. The zero-order valence-corrected chi connectivity index (χ0v) is 11.1. The zero-order chi connectivity index (χ0) is 14.0. The highest BCUT2D eigenvalue weighted by atomic mass is 35.5. The van der Waals surface area contributed by atoms with Gasteiger partial charge in [-0.2, -0.15) is 0 Å². The van der Waals surface area contributed by atoms with Crippen molar-refractivity contribution in [2.45, 2.75) is 19.4 Å². The minimum absolute atomic E-state index is 0.0505. The van der Waals surface area contributed by atoms with Crippen LogP contribution in [0.1, 0.15) is 22.8 Å². The molecule has 19 heavy (non-hydrogen) atoms. The molecule has 2 aromatic carbocycles. The van der Waals surface area contributed by atoms with Crippen molar-refractivity contribution in [1.82, 2.24) is 0 Å². The molecule has 2 aromatic rings. The predicted molar refractivity (Wildman–Crippen MR) is 71.2 cm³/mol. The van der Waals surface area contributed by atoms with E-state index < -0.39 is 11.9 Å². The van der Waals surface area contributed by atoms with Crippen molar-refractivity contribution in [2.75, 3.05) is 0 Å². The Bertz CT molecular complexity index is 599. The van der Waals surface area contributed by atoms with E-state index in [0.717, 1.165) is 0 Å². The predicted octanol–water partition coefficient (Wildman–Crippen LogP) is 4.20. The van der Waals surface area contributed by atoms with Crippen LogP contribution in [0.4, 0.5) is 8.78 Å². The summed E-state index contributed by atoms with van der Waals surface area (Å²) in [6.07, 6.45) is -0.919. The largest absolute Gasteiger partial charge is 0.388 e. The number of rotatable bonds is 3. The van der Waals surface area contributed by atoms with Gasteiger partial charge in [-0.1, -0.05) is 23.7 Å². The van der Waals surface area contributed by atoms with Gasteiger partial charge in [0.2, 0.25) is 0 Å². The summed E-state index contributed by atoms with van der Waals surface area (Å²) in [6, 6.07) is 8.64. The molecule has 1 nitrogen and oxygen atoms in total. The molecule has 0 aliphatic heterocycles. The van der Waals surface area contributed by atoms with Crippen molar-refractivity contribution in [3.05, 3.63) is 69.7 Å². The molecule has 100 valence electrons. The molecule has 0 saturated carbocycles. The van der Waals surface area contributed by atoms with Crippen molar-refractivity contribution in [2.24, 2.45) is 0 Å². The first kappa shape index (κ1) is 14.0. The summed E-state index contributed by atoms with van der Waals surface area (Å²) >= 11 is 5.78. The zero-order valence-electron chi connectivity index (χ0n) is 10.3. The highest BCUT2D eigenvalue weighted by Crippen LogP contribution is 2.23. The van der Waals surface area contributed by atoms with E-state index in [1.54, 1.807) is 19.1 Å². The summed E-state index contributed by atoms with van der Waals surface area (Å²) in [4.78, 5) is 0. The van der Waals surface area contributed by atoms with E-state index in [4.69, 9.17) is 11.6 Å². The maximum Gasteiger partial charge on any atom is 0.126 e. The molecule has 0 aliphatic carbocycles. The topological polar surface area (TPSA) is 20.2 Å². The quantitative estimate of drug-likeness (QED) is 0.894. The summed E-state index contributed by atoms with van der Waals surface area (Å²) in [5.41, 5.74) is 1.23. The smallest absolute Gasteiger partial charge is 0.126 e. The molecule has 1 N–H and O–H groups in total. The molecule has 1 unspecified atom stereocenters. The van der Waals surface area contributed by atoms with E-state index in [-0.39, 0.29) is 12.2 Å². The number of aryl methyl sites for hydroxylation is 1. The first-order valence-electron chi connectivity index (χ1n) is 5.85. The second-order valence-corrected chi connectivity index (χ2v) is 4.90. The van der Waals surface area contributed by atoms with E-state index >= 15 is 0 Å². The molecule has 0 radical (unpaired) electrons. The molecule has 2 rings (SSSR count). The monoisotopic (exact) mass is 282 g/mol. The number of hydrogen-bond acceptors (Lipinski definition) is 1. The van der Waals surface area contributed by atoms with Crippen LogP contribution in [0, 0.1) is 18.6 Å². The fourth-order valence-corrected chi connectivity index (χ4v) is 2.04. The lowest BCUT2D eigenvalue weighted by Gasteiger charge is -2.12. The van der Waals surface area contributed by atoms with Crippen LogP contribution < -0.4 is 0 Å². The third-order valence-corrected chi connectivity index (χ3v) is 3.24. The fraction of sp³-hybridized carbons (Fsp3) is 0.200. The van der Waals surface area contributed by atoms with E-state index in [9.17, 15) is 13.9 Å². The fourth-order valence-electron chi connectivity index (χ4n) is 1.84. The Labute approximate surface area is 115 Å². The molecule has 0 saturated heterocycles. The minimum Gasteiger partial charge on any atom is -0.388 e. The Kier molecular flexibility index (Phi) is 4.17. The molecule has 0 aliphatic rings. The average Bonchev–Trinajstić information content (AvgIpc) is 2.37. The average molecular weight is 283 g/mol. The summed E-state index contributed by atoms with van der Waals surface area (Å²) in [5.74, 6) is -0.820. The van der Waals surface area contributed by atoms with E-state index in [1.807, 2.05) is 0 Å². The number of aliphatic hydroxyl groups is 1. The number of benzene rings is 2. The van der Waals surface area contributed by atoms with Gasteiger partial charge in [-0.15, -0.1) is 0 Å². The molecule has 0 amide bonds. The maximum absolute atomic E-state index is 13.5. The van der Waals surface area contributed by atoms with Crippen molar-refractivity contribution >= 4 is 11.6 Å². The minimum atomic E-state index is -0.969.